The Balaban J connectivity index is 0.00000261. The van der Waals surface area contributed by atoms with Crippen LogP contribution in [-0.4, -0.2) is 52.5 Å². The predicted molar refractivity (Wildman–Crippen MR) is 108 cm³/mol. The summed E-state index contributed by atoms with van der Waals surface area (Å²) in [5.74, 6) is 2.05. The van der Waals surface area contributed by atoms with E-state index in [2.05, 4.69) is 31.1 Å². The molecule has 1 aliphatic rings. The Labute approximate surface area is 161 Å². The molecule has 0 aromatic carbocycles. The average Bonchev–Trinajstić information content (AvgIpc) is 3.03. The molecule has 2 heterocycles. The standard InChI is InChI=1S/C18H28N6O2.CH4/c1-13-16(17(24-26-13)20-10-9-19-11-12-25)15-7-8-21-18(23-15)22-14-5-3-2-4-6-14;/h7-8,14,19,25H,2-6,9-12H2,1H3,(H,20,24)(H,21,22,23);1H4. The molecule has 8 nitrogen and oxygen atoms in total. The number of aromatic nitrogens is 3. The Morgan fingerprint density at radius 2 is 2.00 bits per heavy atom. The highest BCUT2D eigenvalue weighted by Crippen LogP contribution is 2.30. The molecule has 150 valence electrons. The van der Waals surface area contributed by atoms with Gasteiger partial charge in [-0.2, -0.15) is 0 Å². The van der Waals surface area contributed by atoms with Crippen LogP contribution in [0.1, 0.15) is 45.3 Å². The van der Waals surface area contributed by atoms with Crippen molar-refractivity contribution < 1.29 is 9.63 Å². The molecule has 0 saturated heterocycles. The molecule has 0 amide bonds. The number of hydrogen-bond donors (Lipinski definition) is 4. The number of nitrogens with zero attached hydrogens (tertiary/aromatic N) is 3. The number of aryl methyl sites for hydroxylation is 1. The van der Waals surface area contributed by atoms with E-state index in [-0.39, 0.29) is 14.0 Å². The first-order valence-electron chi connectivity index (χ1n) is 9.39. The molecule has 2 aromatic rings. The third-order valence-electron chi connectivity index (χ3n) is 4.60. The van der Waals surface area contributed by atoms with Crippen LogP contribution < -0.4 is 16.0 Å². The van der Waals surface area contributed by atoms with Crippen molar-refractivity contribution in [1.82, 2.24) is 20.4 Å². The maximum absolute atomic E-state index is 8.79. The molecule has 2 aromatic heterocycles. The number of nitrogens with one attached hydrogen (secondary N) is 3. The van der Waals surface area contributed by atoms with Gasteiger partial charge in [0.15, 0.2) is 5.82 Å². The fraction of sp³-hybridized carbons (Fsp3) is 0.632. The van der Waals surface area contributed by atoms with Gasteiger partial charge in [0.2, 0.25) is 5.95 Å². The molecule has 0 radical (unpaired) electrons. The molecule has 1 saturated carbocycles. The van der Waals surface area contributed by atoms with E-state index in [9.17, 15) is 0 Å². The van der Waals surface area contributed by atoms with E-state index in [4.69, 9.17) is 9.63 Å². The van der Waals surface area contributed by atoms with Gasteiger partial charge in [0.05, 0.1) is 17.9 Å². The molecule has 0 aliphatic heterocycles. The molecule has 3 rings (SSSR count). The smallest absolute Gasteiger partial charge is 0.223 e. The first-order chi connectivity index (χ1) is 12.8. The van der Waals surface area contributed by atoms with Crippen LogP contribution in [0.15, 0.2) is 16.8 Å². The fourth-order valence-electron chi connectivity index (χ4n) is 3.26. The Morgan fingerprint density at radius 1 is 1.19 bits per heavy atom. The first kappa shape index (κ1) is 21.1. The van der Waals surface area contributed by atoms with Crippen molar-refractivity contribution in [2.45, 2.75) is 52.5 Å². The SMILES string of the molecule is C.Cc1onc(NCCNCCO)c1-c1ccnc(NC2CCCCC2)n1. The van der Waals surface area contributed by atoms with Crippen molar-refractivity contribution in [3.8, 4) is 11.3 Å². The summed E-state index contributed by atoms with van der Waals surface area (Å²) in [5, 5.41) is 22.7. The Hall–Kier alpha value is -2.19. The summed E-state index contributed by atoms with van der Waals surface area (Å²) in [4.78, 5) is 9.05. The van der Waals surface area contributed by atoms with E-state index in [0.29, 0.717) is 30.9 Å². The molecule has 0 atom stereocenters. The Bertz CT molecular complexity index is 685. The number of anilines is 2. The predicted octanol–water partition coefficient (Wildman–Crippen LogP) is 2.81. The van der Waals surface area contributed by atoms with Gasteiger partial charge in [-0.1, -0.05) is 31.8 Å². The number of aliphatic hydroxyl groups is 1. The molecule has 4 N–H and O–H groups in total. The van der Waals surface area contributed by atoms with Gasteiger partial charge in [0.25, 0.3) is 0 Å². The normalized spacial score (nSPS) is 14.6. The lowest BCUT2D eigenvalue weighted by Crippen LogP contribution is -2.25. The summed E-state index contributed by atoms with van der Waals surface area (Å²) < 4.78 is 5.36. The topological polar surface area (TPSA) is 108 Å². The molecule has 8 heteroatoms. The van der Waals surface area contributed by atoms with Crippen LogP contribution in [0.2, 0.25) is 0 Å². The van der Waals surface area contributed by atoms with Gasteiger partial charge in [-0.3, -0.25) is 0 Å². The van der Waals surface area contributed by atoms with E-state index >= 15 is 0 Å². The zero-order chi connectivity index (χ0) is 18.2. The summed E-state index contributed by atoms with van der Waals surface area (Å²) in [6.45, 7) is 4.00. The average molecular weight is 377 g/mol. The second-order valence-corrected chi connectivity index (χ2v) is 6.61. The van der Waals surface area contributed by atoms with Crippen molar-refractivity contribution >= 4 is 11.8 Å². The maximum Gasteiger partial charge on any atom is 0.223 e. The van der Waals surface area contributed by atoms with Crippen LogP contribution in [-0.2, 0) is 0 Å². The Kier molecular flexibility index (Phi) is 8.47. The van der Waals surface area contributed by atoms with Crippen molar-refractivity contribution in [2.75, 3.05) is 36.9 Å². The van der Waals surface area contributed by atoms with Crippen LogP contribution in [0.4, 0.5) is 11.8 Å². The molecule has 0 spiro atoms. The zero-order valence-electron chi connectivity index (χ0n) is 15.3. The van der Waals surface area contributed by atoms with Crippen LogP contribution in [0.5, 0.6) is 0 Å². The minimum absolute atomic E-state index is 0. The third-order valence-corrected chi connectivity index (χ3v) is 4.60. The highest BCUT2D eigenvalue weighted by molar-refractivity contribution is 5.74. The zero-order valence-corrected chi connectivity index (χ0v) is 15.3. The van der Waals surface area contributed by atoms with Crippen molar-refractivity contribution in [1.29, 1.82) is 0 Å². The molecular weight excluding hydrogens is 344 g/mol. The minimum Gasteiger partial charge on any atom is -0.395 e. The summed E-state index contributed by atoms with van der Waals surface area (Å²) >= 11 is 0. The monoisotopic (exact) mass is 376 g/mol. The van der Waals surface area contributed by atoms with Gasteiger partial charge in [0.1, 0.15) is 5.76 Å². The lowest BCUT2D eigenvalue weighted by Gasteiger charge is -2.22. The first-order valence-corrected chi connectivity index (χ1v) is 9.39. The minimum atomic E-state index is 0. The summed E-state index contributed by atoms with van der Waals surface area (Å²) in [6.07, 6.45) is 7.97. The van der Waals surface area contributed by atoms with E-state index in [0.717, 1.165) is 23.6 Å². The highest BCUT2D eigenvalue weighted by Gasteiger charge is 2.18. The van der Waals surface area contributed by atoms with E-state index in [1.54, 1.807) is 6.20 Å². The molecule has 0 unspecified atom stereocenters. The fourth-order valence-corrected chi connectivity index (χ4v) is 3.26. The Morgan fingerprint density at radius 3 is 2.78 bits per heavy atom. The van der Waals surface area contributed by atoms with E-state index in [1.807, 2.05) is 13.0 Å². The molecule has 0 bridgehead atoms. The summed E-state index contributed by atoms with van der Waals surface area (Å²) in [5.41, 5.74) is 1.66. The lowest BCUT2D eigenvalue weighted by atomic mass is 9.96. The number of aliphatic hydroxyl groups excluding tert-OH is 1. The second-order valence-electron chi connectivity index (χ2n) is 6.61. The number of hydrogen-bond acceptors (Lipinski definition) is 8. The van der Waals surface area contributed by atoms with Gasteiger partial charge < -0.3 is 25.6 Å². The quantitative estimate of drug-likeness (QED) is 0.495. The maximum atomic E-state index is 8.79. The molecule has 1 fully saturated rings. The number of rotatable bonds is 9. The van der Waals surface area contributed by atoms with Gasteiger partial charge >= 0.3 is 0 Å². The van der Waals surface area contributed by atoms with Gasteiger partial charge in [-0.05, 0) is 25.8 Å². The van der Waals surface area contributed by atoms with Gasteiger partial charge in [0, 0.05) is 31.9 Å². The molecule has 1 aliphatic carbocycles. The third kappa shape index (κ3) is 5.90. The van der Waals surface area contributed by atoms with Crippen LogP contribution in [0.25, 0.3) is 11.3 Å². The van der Waals surface area contributed by atoms with E-state index < -0.39 is 0 Å². The van der Waals surface area contributed by atoms with Crippen molar-refractivity contribution in [2.24, 2.45) is 0 Å². The summed E-state index contributed by atoms with van der Waals surface area (Å²) in [6, 6.07) is 2.33. The van der Waals surface area contributed by atoms with E-state index in [1.165, 1.54) is 32.1 Å². The van der Waals surface area contributed by atoms with Crippen LogP contribution >= 0.6 is 0 Å². The largest absolute Gasteiger partial charge is 0.395 e. The van der Waals surface area contributed by atoms with Crippen molar-refractivity contribution in [3.05, 3.63) is 18.0 Å². The van der Waals surface area contributed by atoms with Crippen molar-refractivity contribution in [3.63, 3.8) is 0 Å². The second kappa shape index (κ2) is 10.8. The summed E-state index contributed by atoms with van der Waals surface area (Å²) in [7, 11) is 0. The lowest BCUT2D eigenvalue weighted by molar-refractivity contribution is 0.293. The molecular formula is C19H32N6O2. The highest BCUT2D eigenvalue weighted by atomic mass is 16.5. The van der Waals surface area contributed by atoms with Crippen LogP contribution in [0, 0.1) is 6.92 Å². The van der Waals surface area contributed by atoms with Crippen LogP contribution in [0.3, 0.4) is 0 Å². The molecule has 27 heavy (non-hydrogen) atoms. The van der Waals surface area contributed by atoms with Gasteiger partial charge in [-0.25, -0.2) is 9.97 Å². The van der Waals surface area contributed by atoms with Gasteiger partial charge in [-0.15, -0.1) is 0 Å².